The van der Waals surface area contributed by atoms with Gasteiger partial charge in [-0.15, -0.1) is 0 Å². The third-order valence-electron chi connectivity index (χ3n) is 4.69. The monoisotopic (exact) mass is 417 g/mol. The predicted molar refractivity (Wildman–Crippen MR) is 115 cm³/mol. The lowest BCUT2D eigenvalue weighted by Crippen LogP contribution is -2.33. The third-order valence-corrected chi connectivity index (χ3v) is 4.69. The van der Waals surface area contributed by atoms with E-state index in [4.69, 9.17) is 10.5 Å². The highest BCUT2D eigenvalue weighted by Crippen LogP contribution is 2.35. The smallest absolute Gasteiger partial charge is 0.251 e. The van der Waals surface area contributed by atoms with Crippen molar-refractivity contribution in [2.24, 2.45) is 5.73 Å². The van der Waals surface area contributed by atoms with Gasteiger partial charge in [0, 0.05) is 17.3 Å². The number of carbonyl (C=O) groups excluding carboxylic acids is 2. The number of methoxy groups -OCH3 is 1. The van der Waals surface area contributed by atoms with Crippen molar-refractivity contribution in [2.75, 3.05) is 13.7 Å². The van der Waals surface area contributed by atoms with Crippen molar-refractivity contribution in [1.29, 1.82) is 0 Å². The Bertz CT molecular complexity index is 1300. The molecule has 4 aromatic rings. The Kier molecular flexibility index (Phi) is 5.23. The van der Waals surface area contributed by atoms with Gasteiger partial charge in [-0.1, -0.05) is 6.07 Å². The van der Waals surface area contributed by atoms with Gasteiger partial charge in [0.15, 0.2) is 0 Å². The second kappa shape index (κ2) is 8.15. The van der Waals surface area contributed by atoms with E-state index in [-0.39, 0.29) is 12.3 Å². The average Bonchev–Trinajstić information content (AvgIpc) is 3.20. The van der Waals surface area contributed by atoms with E-state index in [1.165, 1.54) is 0 Å². The van der Waals surface area contributed by atoms with E-state index in [9.17, 15) is 14.7 Å². The van der Waals surface area contributed by atoms with E-state index in [0.717, 1.165) is 11.1 Å². The van der Waals surface area contributed by atoms with Crippen LogP contribution in [0.3, 0.4) is 0 Å². The van der Waals surface area contributed by atoms with E-state index in [2.05, 4.69) is 20.3 Å². The van der Waals surface area contributed by atoms with Crippen LogP contribution in [-0.4, -0.2) is 45.5 Å². The Labute approximate surface area is 176 Å². The molecule has 9 nitrogen and oxygen atoms in total. The zero-order chi connectivity index (χ0) is 22.0. The molecule has 2 aromatic heterocycles. The number of hydrogen-bond donors (Lipinski definition) is 4. The van der Waals surface area contributed by atoms with Crippen LogP contribution in [0.5, 0.6) is 11.6 Å². The van der Waals surface area contributed by atoms with Crippen LogP contribution in [0, 0.1) is 0 Å². The minimum atomic E-state index is -0.626. The fourth-order valence-corrected chi connectivity index (χ4v) is 3.21. The number of rotatable bonds is 6. The van der Waals surface area contributed by atoms with Gasteiger partial charge >= 0.3 is 0 Å². The van der Waals surface area contributed by atoms with Crippen molar-refractivity contribution < 1.29 is 19.4 Å². The first kappa shape index (κ1) is 19.9. The van der Waals surface area contributed by atoms with Crippen LogP contribution in [0.1, 0.15) is 10.4 Å². The Morgan fingerprint density at radius 3 is 2.77 bits per heavy atom. The summed E-state index contributed by atoms with van der Waals surface area (Å²) in [5, 5.41) is 12.9. The Hall–Kier alpha value is -4.40. The molecule has 31 heavy (non-hydrogen) atoms. The minimum Gasteiger partial charge on any atom is -0.507 e. The molecular formula is C22H19N5O4. The van der Waals surface area contributed by atoms with E-state index >= 15 is 0 Å². The highest BCUT2D eigenvalue weighted by Gasteiger charge is 2.15. The second-order valence-corrected chi connectivity index (χ2v) is 6.76. The van der Waals surface area contributed by atoms with E-state index in [1.807, 2.05) is 6.07 Å². The van der Waals surface area contributed by atoms with Crippen molar-refractivity contribution in [2.45, 2.75) is 0 Å². The standard InChI is InChI=1S/C22H19N5O4/c1-31-22-14(3-2-8-24-22)12-5-7-18(28)15(9-12)20-26-16-6-4-13(10-17(16)27-20)21(30)25-11-19(23)29/h2-10,28H,11H2,1H3,(H2,23,29)(H,25,30)(H,26,27). The Morgan fingerprint density at radius 2 is 2.00 bits per heavy atom. The number of phenols is 1. The molecule has 0 bridgehead atoms. The van der Waals surface area contributed by atoms with E-state index < -0.39 is 11.8 Å². The number of fused-ring (bicyclic) bond motifs is 1. The van der Waals surface area contributed by atoms with E-state index in [1.54, 1.807) is 55.8 Å². The Balaban J connectivity index is 1.72. The van der Waals surface area contributed by atoms with Gasteiger partial charge in [0.1, 0.15) is 11.6 Å². The first-order valence-corrected chi connectivity index (χ1v) is 9.35. The summed E-state index contributed by atoms with van der Waals surface area (Å²) in [4.78, 5) is 34.9. The number of phenolic OH excluding ortho intramolecular Hbond substituents is 1. The molecule has 0 radical (unpaired) electrons. The maximum atomic E-state index is 12.2. The maximum Gasteiger partial charge on any atom is 0.251 e. The Morgan fingerprint density at radius 1 is 1.16 bits per heavy atom. The number of aromatic amines is 1. The van der Waals surface area contributed by atoms with Gasteiger partial charge in [-0.3, -0.25) is 9.59 Å². The molecule has 0 fully saturated rings. The number of H-pyrrole nitrogens is 1. The number of pyridine rings is 1. The molecule has 0 aliphatic heterocycles. The van der Waals surface area contributed by atoms with E-state index in [0.29, 0.717) is 33.9 Å². The van der Waals surface area contributed by atoms with Crippen LogP contribution in [0.4, 0.5) is 0 Å². The molecule has 9 heteroatoms. The van der Waals surface area contributed by atoms with Gasteiger partial charge in [-0.25, -0.2) is 9.97 Å². The number of imidazole rings is 1. The number of nitrogens with one attached hydrogen (secondary N) is 2. The number of hydrogen-bond acceptors (Lipinski definition) is 6. The number of carbonyl (C=O) groups is 2. The largest absolute Gasteiger partial charge is 0.507 e. The van der Waals surface area contributed by atoms with Crippen LogP contribution in [0.15, 0.2) is 54.7 Å². The lowest BCUT2D eigenvalue weighted by atomic mass is 10.0. The molecule has 2 aromatic carbocycles. The summed E-state index contributed by atoms with van der Waals surface area (Å²) in [5.74, 6) is -0.100. The summed E-state index contributed by atoms with van der Waals surface area (Å²) in [6, 6.07) is 13.7. The molecule has 0 aliphatic carbocycles. The molecule has 0 saturated heterocycles. The SMILES string of the molecule is COc1ncccc1-c1ccc(O)c(-c2nc3ccc(C(=O)NCC(N)=O)cc3[nH]2)c1. The van der Waals surface area contributed by atoms with Gasteiger partial charge in [-0.2, -0.15) is 0 Å². The number of aromatic nitrogens is 3. The summed E-state index contributed by atoms with van der Waals surface area (Å²) in [5.41, 5.74) is 8.68. The molecular weight excluding hydrogens is 398 g/mol. The second-order valence-electron chi connectivity index (χ2n) is 6.76. The maximum absolute atomic E-state index is 12.2. The molecule has 156 valence electrons. The van der Waals surface area contributed by atoms with Crippen LogP contribution < -0.4 is 15.8 Å². The normalized spacial score (nSPS) is 10.7. The molecule has 5 N–H and O–H groups in total. The molecule has 2 amide bonds. The number of ether oxygens (including phenoxy) is 1. The predicted octanol–water partition coefficient (Wildman–Crippen LogP) is 2.22. The summed E-state index contributed by atoms with van der Waals surface area (Å²) < 4.78 is 5.33. The lowest BCUT2D eigenvalue weighted by molar-refractivity contribution is -0.117. The fraction of sp³-hybridized carbons (Fsp3) is 0.0909. The van der Waals surface area contributed by atoms with Crippen molar-refractivity contribution in [1.82, 2.24) is 20.3 Å². The summed E-state index contributed by atoms with van der Waals surface area (Å²) >= 11 is 0. The van der Waals surface area contributed by atoms with Crippen molar-refractivity contribution in [3.8, 4) is 34.1 Å². The van der Waals surface area contributed by atoms with Gasteiger partial charge in [-0.05, 0) is 48.0 Å². The van der Waals surface area contributed by atoms with Gasteiger partial charge < -0.3 is 25.9 Å². The molecule has 0 spiro atoms. The minimum absolute atomic E-state index is 0.0464. The van der Waals surface area contributed by atoms with Gasteiger partial charge in [0.25, 0.3) is 5.91 Å². The van der Waals surface area contributed by atoms with Crippen LogP contribution in [0.2, 0.25) is 0 Å². The molecule has 0 atom stereocenters. The van der Waals surface area contributed by atoms with Crippen molar-refractivity contribution in [3.63, 3.8) is 0 Å². The highest BCUT2D eigenvalue weighted by molar-refractivity contribution is 5.99. The fourth-order valence-electron chi connectivity index (χ4n) is 3.21. The summed E-state index contributed by atoms with van der Waals surface area (Å²) in [6.07, 6.45) is 1.64. The quantitative estimate of drug-likeness (QED) is 0.379. The number of nitrogens with two attached hydrogens (primary N) is 1. The number of benzene rings is 2. The number of amides is 2. The average molecular weight is 417 g/mol. The zero-order valence-electron chi connectivity index (χ0n) is 16.5. The molecule has 0 saturated carbocycles. The number of primary amides is 1. The number of nitrogens with zero attached hydrogens (tertiary/aromatic N) is 2. The first-order chi connectivity index (χ1) is 15.0. The first-order valence-electron chi connectivity index (χ1n) is 9.35. The number of aromatic hydroxyl groups is 1. The van der Waals surface area contributed by atoms with Crippen molar-refractivity contribution >= 4 is 22.8 Å². The summed E-state index contributed by atoms with van der Waals surface area (Å²) in [6.45, 7) is -0.246. The lowest BCUT2D eigenvalue weighted by Gasteiger charge is -2.09. The third kappa shape index (κ3) is 4.01. The molecule has 0 aliphatic rings. The molecule has 4 rings (SSSR count). The topological polar surface area (TPSA) is 143 Å². The van der Waals surface area contributed by atoms with Crippen molar-refractivity contribution in [3.05, 3.63) is 60.3 Å². The van der Waals surface area contributed by atoms with Crippen LogP contribution in [-0.2, 0) is 4.79 Å². The van der Waals surface area contributed by atoms with Crippen LogP contribution in [0.25, 0.3) is 33.5 Å². The highest BCUT2D eigenvalue weighted by atomic mass is 16.5. The summed E-state index contributed by atoms with van der Waals surface area (Å²) in [7, 11) is 1.55. The van der Waals surface area contributed by atoms with Crippen LogP contribution >= 0.6 is 0 Å². The van der Waals surface area contributed by atoms with Gasteiger partial charge in [0.05, 0.1) is 30.3 Å². The van der Waals surface area contributed by atoms with Gasteiger partial charge in [0.2, 0.25) is 11.8 Å². The molecule has 2 heterocycles. The molecule has 0 unspecified atom stereocenters. The zero-order valence-corrected chi connectivity index (χ0v) is 16.5.